The van der Waals surface area contributed by atoms with Gasteiger partial charge in [0.25, 0.3) is 11.8 Å². The number of carbonyl (C=O) groups excluding carboxylic acids is 3. The first kappa shape index (κ1) is 32.5. The highest BCUT2D eigenvalue weighted by Crippen LogP contribution is 2.21. The Balaban J connectivity index is 1.90. The van der Waals surface area contributed by atoms with E-state index in [1.54, 1.807) is 45.3 Å². The molecule has 3 rings (SSSR count). The van der Waals surface area contributed by atoms with Crippen molar-refractivity contribution in [2.75, 3.05) is 12.8 Å². The van der Waals surface area contributed by atoms with Crippen molar-refractivity contribution in [1.29, 1.82) is 0 Å². The molecular weight excluding hydrogens is 556 g/mol. The fourth-order valence-electron chi connectivity index (χ4n) is 4.63. The fourth-order valence-corrected chi connectivity index (χ4v) is 5.83. The average molecular weight is 597 g/mol. The molecule has 1 unspecified atom stereocenters. The van der Waals surface area contributed by atoms with E-state index in [1.807, 2.05) is 51.1 Å². The van der Waals surface area contributed by atoms with Crippen molar-refractivity contribution in [3.63, 3.8) is 0 Å². The summed E-state index contributed by atoms with van der Waals surface area (Å²) in [5, 5.41) is 6.45. The Hall–Kier alpha value is -3.99. The number of unbranched alkanes of at least 4 members (excludes halogenated alkanes) is 1. The molecule has 1 aromatic heterocycles. The Morgan fingerprint density at radius 3 is 2.17 bits per heavy atom. The van der Waals surface area contributed by atoms with Crippen LogP contribution in [-0.2, 0) is 26.0 Å². The first-order valence-electron chi connectivity index (χ1n) is 14.0. The lowest BCUT2D eigenvalue weighted by atomic mass is 9.99. The van der Waals surface area contributed by atoms with Crippen molar-refractivity contribution in [2.45, 2.75) is 66.0 Å². The van der Waals surface area contributed by atoms with Crippen LogP contribution in [0.1, 0.15) is 60.7 Å². The lowest BCUT2D eigenvalue weighted by Crippen LogP contribution is -2.57. The minimum absolute atomic E-state index is 0.150. The van der Waals surface area contributed by atoms with Gasteiger partial charge in [0.05, 0.1) is 11.9 Å². The van der Waals surface area contributed by atoms with E-state index in [9.17, 15) is 22.8 Å². The van der Waals surface area contributed by atoms with E-state index in [0.717, 1.165) is 22.3 Å². The number of hydrogen-bond donors (Lipinski definition) is 2. The third-order valence-corrected chi connectivity index (χ3v) is 8.27. The molecule has 0 saturated heterocycles. The monoisotopic (exact) mass is 596 g/mol. The van der Waals surface area contributed by atoms with Gasteiger partial charge in [-0.2, -0.15) is 0 Å². The van der Waals surface area contributed by atoms with Crippen LogP contribution in [0.15, 0.2) is 59.3 Å². The van der Waals surface area contributed by atoms with Gasteiger partial charge < -0.3 is 14.7 Å². The van der Waals surface area contributed by atoms with Gasteiger partial charge in [-0.25, -0.2) is 8.42 Å². The van der Waals surface area contributed by atoms with E-state index in [-0.39, 0.29) is 18.1 Å². The predicted molar refractivity (Wildman–Crippen MR) is 161 cm³/mol. The van der Waals surface area contributed by atoms with Crippen LogP contribution in [-0.4, -0.2) is 61.1 Å². The summed E-state index contributed by atoms with van der Waals surface area (Å²) in [6.07, 6.45) is 2.76. The van der Waals surface area contributed by atoms with E-state index in [2.05, 4.69) is 15.2 Å². The van der Waals surface area contributed by atoms with Crippen LogP contribution in [0, 0.1) is 19.8 Å². The highest BCUT2D eigenvalue weighted by atomic mass is 32.2. The molecule has 3 amide bonds. The molecule has 0 bridgehead atoms. The number of benzene rings is 2. The molecule has 1 heterocycles. The summed E-state index contributed by atoms with van der Waals surface area (Å²) in [5.74, 6) is -1.75. The van der Waals surface area contributed by atoms with Crippen LogP contribution in [0.2, 0.25) is 0 Å². The number of sulfonamides is 1. The van der Waals surface area contributed by atoms with Gasteiger partial charge in [0.1, 0.15) is 12.1 Å². The first-order valence-corrected chi connectivity index (χ1v) is 15.7. The summed E-state index contributed by atoms with van der Waals surface area (Å²) in [6.45, 7) is 9.07. The van der Waals surface area contributed by atoms with Gasteiger partial charge in [0.15, 0.2) is 5.76 Å². The average Bonchev–Trinajstić information content (AvgIpc) is 3.47. The lowest BCUT2D eigenvalue weighted by molar-refractivity contribution is -0.131. The third-order valence-electron chi connectivity index (χ3n) is 6.93. The number of hydrogen-bond acceptors (Lipinski definition) is 7. The predicted octanol–water partition coefficient (Wildman–Crippen LogP) is 4.03. The Morgan fingerprint density at radius 1 is 0.976 bits per heavy atom. The van der Waals surface area contributed by atoms with Crippen LogP contribution in [0.3, 0.4) is 0 Å². The molecule has 226 valence electrons. The molecule has 0 aliphatic rings. The molecule has 2 aromatic carbocycles. The number of nitrogens with zero attached hydrogens (tertiary/aromatic N) is 2. The van der Waals surface area contributed by atoms with Crippen molar-refractivity contribution in [1.82, 2.24) is 20.1 Å². The van der Waals surface area contributed by atoms with Crippen molar-refractivity contribution in [3.05, 3.63) is 77.0 Å². The number of aryl methyl sites for hydroxylation is 2. The molecule has 0 radical (unpaired) electrons. The summed E-state index contributed by atoms with van der Waals surface area (Å²) in [6, 6.07) is 12.4. The smallest absolute Gasteiger partial charge is 0.256 e. The zero-order valence-corrected chi connectivity index (χ0v) is 25.8. The van der Waals surface area contributed by atoms with Crippen LogP contribution < -0.4 is 10.0 Å². The SMILES string of the molecule is CCCCS(=O)(=O)NC(=O)C(NC(=O)[C@@H](Cc1ccc(-c2ccno2)cc1)N(C)C(=O)c1cc(C)cc(C)c1)C(C)C. The second-order valence-corrected chi connectivity index (χ2v) is 12.8. The van der Waals surface area contributed by atoms with E-state index >= 15 is 0 Å². The van der Waals surface area contributed by atoms with Gasteiger partial charge in [0.2, 0.25) is 15.9 Å². The molecule has 0 saturated carbocycles. The number of amides is 3. The Labute approximate surface area is 247 Å². The summed E-state index contributed by atoms with van der Waals surface area (Å²) >= 11 is 0. The third kappa shape index (κ3) is 8.75. The van der Waals surface area contributed by atoms with Gasteiger partial charge in [0, 0.05) is 30.7 Å². The van der Waals surface area contributed by atoms with Crippen molar-refractivity contribution >= 4 is 27.7 Å². The molecule has 0 aliphatic carbocycles. The van der Waals surface area contributed by atoms with E-state index < -0.39 is 39.8 Å². The quantitative estimate of drug-likeness (QED) is 0.304. The van der Waals surface area contributed by atoms with Crippen molar-refractivity contribution in [2.24, 2.45) is 5.92 Å². The highest BCUT2D eigenvalue weighted by molar-refractivity contribution is 7.90. The molecule has 2 N–H and O–H groups in total. The standard InChI is InChI=1S/C31H40N4O6S/c1-7-8-15-42(39,40)34-30(37)28(20(2)3)33-29(36)26(35(6)31(38)25-17-21(4)16-22(5)18-25)19-23-9-11-24(12-10-23)27-13-14-32-41-27/h9-14,16-18,20,26,28H,7-8,15,19H2,1-6H3,(H,33,36)(H,34,37)/t26-,28?/m1/s1. The van der Waals surface area contributed by atoms with E-state index in [4.69, 9.17) is 4.52 Å². The minimum Gasteiger partial charge on any atom is -0.356 e. The first-order chi connectivity index (χ1) is 19.8. The maximum absolute atomic E-state index is 13.8. The second kappa shape index (κ2) is 14.3. The maximum atomic E-state index is 13.8. The van der Waals surface area contributed by atoms with Crippen LogP contribution in [0.25, 0.3) is 11.3 Å². The van der Waals surface area contributed by atoms with Crippen LogP contribution >= 0.6 is 0 Å². The summed E-state index contributed by atoms with van der Waals surface area (Å²) in [5.41, 5.74) is 3.84. The van der Waals surface area contributed by atoms with Crippen LogP contribution in [0.4, 0.5) is 0 Å². The number of nitrogens with one attached hydrogen (secondary N) is 2. The number of carbonyl (C=O) groups is 3. The maximum Gasteiger partial charge on any atom is 0.256 e. The van der Waals surface area contributed by atoms with Gasteiger partial charge in [-0.1, -0.05) is 73.8 Å². The molecule has 0 spiro atoms. The molecule has 0 fully saturated rings. The largest absolute Gasteiger partial charge is 0.356 e. The van der Waals surface area contributed by atoms with Crippen LogP contribution in [0.5, 0.6) is 0 Å². The Bertz CT molecular complexity index is 1460. The molecule has 11 heteroatoms. The zero-order valence-electron chi connectivity index (χ0n) is 25.0. The number of likely N-dealkylation sites (N-methyl/N-ethyl adjacent to an activating group) is 1. The molecule has 3 aromatic rings. The van der Waals surface area contributed by atoms with Gasteiger partial charge >= 0.3 is 0 Å². The summed E-state index contributed by atoms with van der Waals surface area (Å²) in [7, 11) is -2.30. The summed E-state index contributed by atoms with van der Waals surface area (Å²) in [4.78, 5) is 41.8. The fraction of sp³-hybridized carbons (Fsp3) is 0.419. The molecule has 10 nitrogen and oxygen atoms in total. The van der Waals surface area contributed by atoms with Crippen molar-refractivity contribution < 1.29 is 27.3 Å². The molecule has 0 aliphatic heterocycles. The van der Waals surface area contributed by atoms with E-state index in [0.29, 0.717) is 24.2 Å². The van der Waals surface area contributed by atoms with Gasteiger partial charge in [-0.05, 0) is 43.9 Å². The number of rotatable bonds is 13. The summed E-state index contributed by atoms with van der Waals surface area (Å²) < 4.78 is 32.1. The van der Waals surface area contributed by atoms with Gasteiger partial charge in [-0.3, -0.25) is 19.1 Å². The minimum atomic E-state index is -3.85. The Morgan fingerprint density at radius 2 is 1.62 bits per heavy atom. The van der Waals surface area contributed by atoms with Crippen molar-refractivity contribution in [3.8, 4) is 11.3 Å². The molecule has 2 atom stereocenters. The van der Waals surface area contributed by atoms with E-state index in [1.165, 1.54) is 4.90 Å². The highest BCUT2D eigenvalue weighted by Gasteiger charge is 2.33. The normalized spacial score (nSPS) is 12.9. The topological polar surface area (TPSA) is 139 Å². The second-order valence-electron chi connectivity index (χ2n) is 11.0. The number of aromatic nitrogens is 1. The lowest BCUT2D eigenvalue weighted by Gasteiger charge is -2.30. The van der Waals surface area contributed by atoms with Gasteiger partial charge in [-0.15, -0.1) is 0 Å². The zero-order chi connectivity index (χ0) is 31.0. The molecule has 42 heavy (non-hydrogen) atoms. The Kier molecular flexibility index (Phi) is 11.0. The molecular formula is C31H40N4O6S.